The Bertz CT molecular complexity index is 472. The van der Waals surface area contributed by atoms with Crippen molar-refractivity contribution in [1.29, 1.82) is 0 Å². The molecule has 0 aliphatic carbocycles. The molecule has 0 unspecified atom stereocenters. The van der Waals surface area contributed by atoms with E-state index in [0.29, 0.717) is 5.69 Å². The minimum Gasteiger partial charge on any atom is -0.469 e. The number of ether oxygens (including phenoxy) is 1. The maximum Gasteiger partial charge on any atom is 0.313 e. The molecule has 0 aromatic heterocycles. The van der Waals surface area contributed by atoms with E-state index in [9.17, 15) is 9.59 Å². The zero-order valence-electron chi connectivity index (χ0n) is 12.1. The summed E-state index contributed by atoms with van der Waals surface area (Å²) in [7, 11) is 1.34. The summed E-state index contributed by atoms with van der Waals surface area (Å²) in [5.41, 5.74) is 6.80. The van der Waals surface area contributed by atoms with Crippen molar-refractivity contribution in [2.45, 2.75) is 26.8 Å². The first kappa shape index (κ1) is 18.4. The van der Waals surface area contributed by atoms with Gasteiger partial charge in [0.1, 0.15) is 0 Å². The number of hydrogen-bond donors (Lipinski definition) is 2. The van der Waals surface area contributed by atoms with Crippen LogP contribution >= 0.6 is 12.4 Å². The highest BCUT2D eigenvalue weighted by molar-refractivity contribution is 5.88. The molecule has 20 heavy (non-hydrogen) atoms. The average molecular weight is 301 g/mol. The summed E-state index contributed by atoms with van der Waals surface area (Å²) in [6.45, 7) is 4.93. The van der Waals surface area contributed by atoms with Gasteiger partial charge >= 0.3 is 5.97 Å². The van der Waals surface area contributed by atoms with Crippen molar-refractivity contribution in [2.24, 2.45) is 11.1 Å². The number of amides is 1. The van der Waals surface area contributed by atoms with Crippen LogP contribution in [-0.2, 0) is 14.3 Å². The highest BCUT2D eigenvalue weighted by Gasteiger charge is 2.36. The van der Waals surface area contributed by atoms with E-state index in [1.165, 1.54) is 14.0 Å². The second kappa shape index (κ2) is 7.26. The monoisotopic (exact) mass is 300 g/mol. The average Bonchev–Trinajstić information content (AvgIpc) is 2.37. The highest BCUT2D eigenvalue weighted by atomic mass is 35.5. The first-order valence-corrected chi connectivity index (χ1v) is 6.00. The van der Waals surface area contributed by atoms with Gasteiger partial charge in [-0.2, -0.15) is 0 Å². The van der Waals surface area contributed by atoms with Crippen LogP contribution in [0, 0.1) is 5.41 Å². The summed E-state index contributed by atoms with van der Waals surface area (Å²) in [5.74, 6) is -0.488. The molecular weight excluding hydrogens is 280 g/mol. The molecule has 1 atom stereocenters. The maximum absolute atomic E-state index is 11.7. The number of hydrogen-bond acceptors (Lipinski definition) is 4. The zero-order valence-corrected chi connectivity index (χ0v) is 12.9. The first-order chi connectivity index (χ1) is 8.78. The SMILES string of the molecule is COC(=O)C(C)(C)[C@H](N)c1ccc(NC(C)=O)cc1.Cl. The molecule has 0 aliphatic heterocycles. The highest BCUT2D eigenvalue weighted by Crippen LogP contribution is 2.32. The molecule has 112 valence electrons. The molecule has 0 radical (unpaired) electrons. The van der Waals surface area contributed by atoms with Crippen LogP contribution in [0.3, 0.4) is 0 Å². The van der Waals surface area contributed by atoms with Crippen molar-refractivity contribution >= 4 is 30.0 Å². The van der Waals surface area contributed by atoms with Crippen LogP contribution in [-0.4, -0.2) is 19.0 Å². The Morgan fingerprint density at radius 1 is 1.25 bits per heavy atom. The van der Waals surface area contributed by atoms with Crippen LogP contribution in [0.4, 0.5) is 5.69 Å². The van der Waals surface area contributed by atoms with Crippen LogP contribution in [0.1, 0.15) is 32.4 Å². The van der Waals surface area contributed by atoms with Gasteiger partial charge in [-0.25, -0.2) is 0 Å². The maximum atomic E-state index is 11.7. The van der Waals surface area contributed by atoms with Gasteiger partial charge in [0.25, 0.3) is 0 Å². The third-order valence-electron chi connectivity index (χ3n) is 3.08. The van der Waals surface area contributed by atoms with Crippen molar-refractivity contribution < 1.29 is 14.3 Å². The van der Waals surface area contributed by atoms with Crippen LogP contribution < -0.4 is 11.1 Å². The van der Waals surface area contributed by atoms with Gasteiger partial charge in [-0.3, -0.25) is 9.59 Å². The van der Waals surface area contributed by atoms with Gasteiger partial charge in [0.05, 0.1) is 12.5 Å². The van der Waals surface area contributed by atoms with Crippen LogP contribution in [0.25, 0.3) is 0 Å². The molecule has 1 aromatic rings. The van der Waals surface area contributed by atoms with Gasteiger partial charge in [-0.15, -0.1) is 12.4 Å². The third-order valence-corrected chi connectivity index (χ3v) is 3.08. The van der Waals surface area contributed by atoms with E-state index in [1.54, 1.807) is 38.1 Å². The largest absolute Gasteiger partial charge is 0.469 e. The van der Waals surface area contributed by atoms with Crippen molar-refractivity contribution in [1.82, 2.24) is 0 Å². The molecular formula is C14H21ClN2O3. The molecule has 0 fully saturated rings. The van der Waals surface area contributed by atoms with Crippen LogP contribution in [0.2, 0.25) is 0 Å². The number of halogens is 1. The molecule has 0 saturated carbocycles. The number of anilines is 1. The molecule has 6 heteroatoms. The van der Waals surface area contributed by atoms with Gasteiger partial charge in [0.15, 0.2) is 0 Å². The molecule has 1 amide bonds. The lowest BCUT2D eigenvalue weighted by molar-refractivity contribution is -0.152. The Labute approximate surface area is 125 Å². The molecule has 5 nitrogen and oxygen atoms in total. The number of carbonyl (C=O) groups excluding carboxylic acids is 2. The molecule has 1 rings (SSSR count). The molecule has 0 saturated heterocycles. The van der Waals surface area contributed by atoms with E-state index in [4.69, 9.17) is 10.5 Å². The molecule has 0 bridgehead atoms. The molecule has 0 heterocycles. The predicted molar refractivity (Wildman–Crippen MR) is 80.7 cm³/mol. The third kappa shape index (κ3) is 4.21. The lowest BCUT2D eigenvalue weighted by Crippen LogP contribution is -2.37. The molecule has 1 aromatic carbocycles. The number of methoxy groups -OCH3 is 1. The normalized spacial score (nSPS) is 12.1. The van der Waals surface area contributed by atoms with E-state index in [1.807, 2.05) is 0 Å². The first-order valence-electron chi connectivity index (χ1n) is 6.00. The topological polar surface area (TPSA) is 81.4 Å². The standard InChI is InChI=1S/C14H20N2O3.ClH/c1-9(17)16-11-7-5-10(6-8-11)12(15)14(2,3)13(18)19-4;/h5-8,12H,15H2,1-4H3,(H,16,17);1H/t12-;/m1./s1. The van der Waals surface area contributed by atoms with Crippen molar-refractivity contribution in [3.63, 3.8) is 0 Å². The van der Waals surface area contributed by atoms with Crippen LogP contribution in [0.5, 0.6) is 0 Å². The summed E-state index contributed by atoms with van der Waals surface area (Å²) in [5, 5.41) is 2.67. The van der Waals surface area contributed by atoms with Gasteiger partial charge in [-0.1, -0.05) is 12.1 Å². The quantitative estimate of drug-likeness (QED) is 0.836. The van der Waals surface area contributed by atoms with Crippen molar-refractivity contribution in [3.05, 3.63) is 29.8 Å². The Balaban J connectivity index is 0.00000361. The summed E-state index contributed by atoms with van der Waals surface area (Å²) in [4.78, 5) is 22.6. The number of benzene rings is 1. The number of carbonyl (C=O) groups is 2. The molecule has 3 N–H and O–H groups in total. The van der Waals surface area contributed by atoms with E-state index >= 15 is 0 Å². The Kier molecular flexibility index (Phi) is 6.68. The molecule has 0 aliphatic rings. The summed E-state index contributed by atoms with van der Waals surface area (Å²) in [6.07, 6.45) is 0. The fourth-order valence-corrected chi connectivity index (χ4v) is 1.78. The fraction of sp³-hybridized carbons (Fsp3) is 0.429. The number of nitrogens with two attached hydrogens (primary N) is 1. The Morgan fingerprint density at radius 2 is 1.75 bits per heavy atom. The van der Waals surface area contributed by atoms with Gasteiger partial charge in [-0.05, 0) is 31.5 Å². The van der Waals surface area contributed by atoms with Gasteiger partial charge in [0.2, 0.25) is 5.91 Å². The second-order valence-electron chi connectivity index (χ2n) is 4.99. The summed E-state index contributed by atoms with van der Waals surface area (Å²) >= 11 is 0. The Hall–Kier alpha value is -1.59. The summed E-state index contributed by atoms with van der Waals surface area (Å²) < 4.78 is 4.76. The van der Waals surface area contributed by atoms with Crippen molar-refractivity contribution in [3.8, 4) is 0 Å². The predicted octanol–water partition coefficient (Wildman–Crippen LogP) is 2.27. The van der Waals surface area contributed by atoms with Gasteiger partial charge in [0, 0.05) is 18.7 Å². The molecule has 0 spiro atoms. The van der Waals surface area contributed by atoms with Gasteiger partial charge < -0.3 is 15.8 Å². The van der Waals surface area contributed by atoms with E-state index in [-0.39, 0.29) is 24.3 Å². The number of rotatable bonds is 4. The fourth-order valence-electron chi connectivity index (χ4n) is 1.78. The minimum atomic E-state index is -0.815. The second-order valence-corrected chi connectivity index (χ2v) is 4.99. The lowest BCUT2D eigenvalue weighted by atomic mass is 9.81. The number of esters is 1. The van der Waals surface area contributed by atoms with E-state index in [2.05, 4.69) is 5.32 Å². The lowest BCUT2D eigenvalue weighted by Gasteiger charge is -2.29. The zero-order chi connectivity index (χ0) is 14.6. The minimum absolute atomic E-state index is 0. The van der Waals surface area contributed by atoms with E-state index < -0.39 is 11.5 Å². The Morgan fingerprint density at radius 3 is 2.15 bits per heavy atom. The van der Waals surface area contributed by atoms with Crippen molar-refractivity contribution in [2.75, 3.05) is 12.4 Å². The van der Waals surface area contributed by atoms with Crippen LogP contribution in [0.15, 0.2) is 24.3 Å². The van der Waals surface area contributed by atoms with E-state index in [0.717, 1.165) is 5.56 Å². The number of nitrogens with one attached hydrogen (secondary N) is 1. The summed E-state index contributed by atoms with van der Waals surface area (Å²) in [6, 6.07) is 6.61. The smallest absolute Gasteiger partial charge is 0.313 e.